The van der Waals surface area contributed by atoms with Gasteiger partial charge in [0.2, 0.25) is 5.91 Å². The van der Waals surface area contributed by atoms with E-state index in [2.05, 4.69) is 20.5 Å². The number of anilines is 1. The van der Waals surface area contributed by atoms with Crippen molar-refractivity contribution < 1.29 is 14.3 Å². The maximum Gasteiger partial charge on any atom is 0.251 e. The van der Waals surface area contributed by atoms with Crippen molar-refractivity contribution in [2.24, 2.45) is 0 Å². The van der Waals surface area contributed by atoms with Crippen molar-refractivity contribution in [3.8, 4) is 5.75 Å². The zero-order valence-electron chi connectivity index (χ0n) is 13.9. The highest BCUT2D eigenvalue weighted by Crippen LogP contribution is 2.22. The normalized spacial score (nSPS) is 16.5. The summed E-state index contributed by atoms with van der Waals surface area (Å²) in [4.78, 5) is 30.6. The summed E-state index contributed by atoms with van der Waals surface area (Å²) in [6.45, 7) is 1.56. The summed E-state index contributed by atoms with van der Waals surface area (Å²) in [6.07, 6.45) is 2.65. The van der Waals surface area contributed by atoms with E-state index in [1.807, 2.05) is 5.38 Å². The highest BCUT2D eigenvalue weighted by atomic mass is 32.1. The Morgan fingerprint density at radius 3 is 3.08 bits per heavy atom. The van der Waals surface area contributed by atoms with Crippen LogP contribution in [-0.4, -0.2) is 49.6 Å². The van der Waals surface area contributed by atoms with Crippen LogP contribution < -0.4 is 20.3 Å². The topological polar surface area (TPSA) is 83.6 Å². The maximum absolute atomic E-state index is 12.1. The number of hydrogen-bond donors (Lipinski definition) is 2. The molecule has 0 bridgehead atoms. The Balaban J connectivity index is 1.44. The number of aromatic nitrogens is 1. The molecule has 3 rings (SSSR count). The van der Waals surface area contributed by atoms with E-state index in [9.17, 15) is 9.59 Å². The molecular formula is C17H20N4O3S. The fourth-order valence-electron chi connectivity index (χ4n) is 2.73. The molecule has 2 amide bonds. The highest BCUT2D eigenvalue weighted by Gasteiger charge is 2.25. The predicted molar refractivity (Wildman–Crippen MR) is 96.2 cm³/mol. The number of thiazole rings is 1. The van der Waals surface area contributed by atoms with Gasteiger partial charge in [0.05, 0.1) is 13.7 Å². The van der Waals surface area contributed by atoms with Gasteiger partial charge >= 0.3 is 0 Å². The first kappa shape index (κ1) is 17.2. The fraction of sp³-hybridized carbons (Fsp3) is 0.353. The summed E-state index contributed by atoms with van der Waals surface area (Å²) in [5, 5.41) is 8.50. The van der Waals surface area contributed by atoms with Crippen molar-refractivity contribution in [1.82, 2.24) is 15.6 Å². The Bertz CT molecular complexity index is 735. The van der Waals surface area contributed by atoms with Crippen molar-refractivity contribution in [2.45, 2.75) is 12.5 Å². The average molecular weight is 360 g/mol. The minimum atomic E-state index is -0.301. The van der Waals surface area contributed by atoms with Gasteiger partial charge in [-0.25, -0.2) is 4.98 Å². The minimum absolute atomic E-state index is 0.0518. The quantitative estimate of drug-likeness (QED) is 0.811. The first-order chi connectivity index (χ1) is 12.2. The van der Waals surface area contributed by atoms with E-state index in [-0.39, 0.29) is 24.4 Å². The van der Waals surface area contributed by atoms with Gasteiger partial charge in [-0.2, -0.15) is 0 Å². The SMILES string of the molecule is COc1cccc(C(=O)NCC(=O)NC2CCN(c3nccs3)C2)c1. The van der Waals surface area contributed by atoms with E-state index in [1.54, 1.807) is 48.9 Å². The van der Waals surface area contributed by atoms with Gasteiger partial charge in [0.15, 0.2) is 5.13 Å². The second kappa shape index (κ2) is 7.98. The van der Waals surface area contributed by atoms with Crippen molar-refractivity contribution in [1.29, 1.82) is 0 Å². The summed E-state index contributed by atoms with van der Waals surface area (Å²) in [5.74, 6) is 0.109. The van der Waals surface area contributed by atoms with E-state index in [4.69, 9.17) is 4.74 Å². The number of amides is 2. The molecule has 0 aliphatic carbocycles. The molecule has 2 N–H and O–H groups in total. The first-order valence-corrected chi connectivity index (χ1v) is 8.89. The van der Waals surface area contributed by atoms with Crippen LogP contribution in [0.2, 0.25) is 0 Å². The van der Waals surface area contributed by atoms with Crippen LogP contribution in [0.5, 0.6) is 5.75 Å². The number of methoxy groups -OCH3 is 1. The lowest BCUT2D eigenvalue weighted by Gasteiger charge is -2.16. The van der Waals surface area contributed by atoms with Gasteiger partial charge < -0.3 is 20.3 Å². The van der Waals surface area contributed by atoms with Crippen LogP contribution in [0.3, 0.4) is 0 Å². The number of carbonyl (C=O) groups is 2. The molecule has 1 saturated heterocycles. The minimum Gasteiger partial charge on any atom is -0.497 e. The smallest absolute Gasteiger partial charge is 0.251 e. The van der Waals surface area contributed by atoms with Crippen LogP contribution in [0.1, 0.15) is 16.8 Å². The van der Waals surface area contributed by atoms with Crippen LogP contribution in [0.4, 0.5) is 5.13 Å². The molecule has 1 atom stereocenters. The Morgan fingerprint density at radius 1 is 1.44 bits per heavy atom. The van der Waals surface area contributed by atoms with E-state index in [1.165, 1.54) is 0 Å². The van der Waals surface area contributed by atoms with Crippen molar-refractivity contribution >= 4 is 28.3 Å². The third-order valence-electron chi connectivity index (χ3n) is 3.98. The summed E-state index contributed by atoms with van der Waals surface area (Å²) >= 11 is 1.59. The lowest BCUT2D eigenvalue weighted by molar-refractivity contribution is -0.120. The lowest BCUT2D eigenvalue weighted by Crippen LogP contribution is -2.43. The number of nitrogens with one attached hydrogen (secondary N) is 2. The molecule has 7 nitrogen and oxygen atoms in total. The Labute approximate surface area is 150 Å². The number of benzene rings is 1. The van der Waals surface area contributed by atoms with Gasteiger partial charge in [-0.1, -0.05) is 6.07 Å². The molecule has 0 spiro atoms. The van der Waals surface area contributed by atoms with Crippen molar-refractivity contribution in [2.75, 3.05) is 31.6 Å². The number of ether oxygens (including phenoxy) is 1. The van der Waals surface area contributed by atoms with E-state index in [0.717, 1.165) is 24.6 Å². The zero-order valence-corrected chi connectivity index (χ0v) is 14.7. The first-order valence-electron chi connectivity index (χ1n) is 8.02. The zero-order chi connectivity index (χ0) is 17.6. The molecule has 1 aromatic carbocycles. The lowest BCUT2D eigenvalue weighted by atomic mass is 10.2. The van der Waals surface area contributed by atoms with E-state index >= 15 is 0 Å². The molecule has 8 heteroatoms. The molecule has 25 heavy (non-hydrogen) atoms. The summed E-state index contributed by atoms with van der Waals surface area (Å²) in [7, 11) is 1.54. The van der Waals surface area contributed by atoms with E-state index < -0.39 is 0 Å². The predicted octanol–water partition coefficient (Wildman–Crippen LogP) is 1.28. The molecule has 0 radical (unpaired) electrons. The number of nitrogens with zero attached hydrogens (tertiary/aromatic N) is 2. The fourth-order valence-corrected chi connectivity index (χ4v) is 3.41. The van der Waals surface area contributed by atoms with Gasteiger partial charge in [-0.3, -0.25) is 9.59 Å². The molecule has 1 aromatic heterocycles. The number of rotatable bonds is 6. The summed E-state index contributed by atoms with van der Waals surface area (Å²) in [5.41, 5.74) is 0.461. The Hall–Kier alpha value is -2.61. The van der Waals surface area contributed by atoms with Gasteiger partial charge in [0, 0.05) is 36.3 Å². The monoisotopic (exact) mass is 360 g/mol. The summed E-state index contributed by atoms with van der Waals surface area (Å²) in [6, 6.07) is 6.89. The van der Waals surface area contributed by atoms with Crippen LogP contribution in [0.25, 0.3) is 0 Å². The summed E-state index contributed by atoms with van der Waals surface area (Å²) < 4.78 is 5.09. The van der Waals surface area contributed by atoms with Gasteiger partial charge in [0.25, 0.3) is 5.91 Å². The van der Waals surface area contributed by atoms with Gasteiger partial charge in [0.1, 0.15) is 5.75 Å². The van der Waals surface area contributed by atoms with Crippen LogP contribution in [0, 0.1) is 0 Å². The van der Waals surface area contributed by atoms with Gasteiger partial charge in [-0.05, 0) is 24.6 Å². The second-order valence-electron chi connectivity index (χ2n) is 5.73. The maximum atomic E-state index is 12.1. The molecule has 2 aromatic rings. The molecular weight excluding hydrogens is 340 g/mol. The molecule has 0 saturated carbocycles. The molecule has 1 aliphatic rings. The van der Waals surface area contributed by atoms with Gasteiger partial charge in [-0.15, -0.1) is 11.3 Å². The average Bonchev–Trinajstić information content (AvgIpc) is 3.31. The van der Waals surface area contributed by atoms with Crippen LogP contribution in [0.15, 0.2) is 35.8 Å². The number of hydrogen-bond acceptors (Lipinski definition) is 6. The third-order valence-corrected chi connectivity index (χ3v) is 4.82. The molecule has 1 unspecified atom stereocenters. The van der Waals surface area contributed by atoms with Crippen molar-refractivity contribution in [3.63, 3.8) is 0 Å². The Morgan fingerprint density at radius 2 is 2.32 bits per heavy atom. The largest absolute Gasteiger partial charge is 0.497 e. The highest BCUT2D eigenvalue weighted by molar-refractivity contribution is 7.13. The Kier molecular flexibility index (Phi) is 5.49. The standard InChI is InChI=1S/C17H20N4O3S/c1-24-14-4-2-3-12(9-14)16(23)19-10-15(22)20-13-5-7-21(11-13)17-18-6-8-25-17/h2-4,6,8-9,13H,5,7,10-11H2,1H3,(H,19,23)(H,20,22). The van der Waals surface area contributed by atoms with E-state index in [0.29, 0.717) is 11.3 Å². The molecule has 1 aliphatic heterocycles. The number of carbonyl (C=O) groups excluding carboxylic acids is 2. The molecule has 132 valence electrons. The van der Waals surface area contributed by atoms with Crippen molar-refractivity contribution in [3.05, 3.63) is 41.4 Å². The molecule has 1 fully saturated rings. The second-order valence-corrected chi connectivity index (χ2v) is 6.60. The van der Waals surface area contributed by atoms with Crippen LogP contribution >= 0.6 is 11.3 Å². The third kappa shape index (κ3) is 4.48. The van der Waals surface area contributed by atoms with Crippen LogP contribution in [-0.2, 0) is 4.79 Å². The molecule has 2 heterocycles.